The summed E-state index contributed by atoms with van der Waals surface area (Å²) < 4.78 is 7.11. The Morgan fingerprint density at radius 2 is 2.39 bits per heavy atom. The fourth-order valence-corrected chi connectivity index (χ4v) is 3.01. The topological polar surface area (TPSA) is 33.6 Å². The molecule has 1 fully saturated rings. The minimum atomic E-state index is 0.217. The van der Waals surface area contributed by atoms with E-state index in [-0.39, 0.29) is 6.10 Å². The zero-order valence-corrected chi connectivity index (χ0v) is 11.8. The number of aliphatic imine (C=N–C) groups is 1. The average Bonchev–Trinajstić information content (AvgIpc) is 2.98. The first-order chi connectivity index (χ1) is 8.81. The summed E-state index contributed by atoms with van der Waals surface area (Å²) >= 11 is 3.50. The Morgan fingerprint density at radius 1 is 1.44 bits per heavy atom. The van der Waals surface area contributed by atoms with Gasteiger partial charge < -0.3 is 10.1 Å². The molecule has 1 aromatic rings. The zero-order chi connectivity index (χ0) is 12.4. The van der Waals surface area contributed by atoms with E-state index in [2.05, 4.69) is 44.4 Å². The van der Waals surface area contributed by atoms with E-state index < -0.39 is 0 Å². The Hall–Kier alpha value is -0.870. The first-order valence-electron chi connectivity index (χ1n) is 6.47. The Morgan fingerprint density at radius 3 is 3.17 bits per heavy atom. The van der Waals surface area contributed by atoms with E-state index in [4.69, 9.17) is 4.74 Å². The lowest BCUT2D eigenvalue weighted by atomic mass is 10.1. The Labute approximate surface area is 116 Å². The molecule has 2 heterocycles. The molecule has 0 amide bonds. The number of hydrogen-bond acceptors (Lipinski definition) is 3. The van der Waals surface area contributed by atoms with Gasteiger partial charge in [0, 0.05) is 23.4 Å². The Balaban J connectivity index is 1.57. The van der Waals surface area contributed by atoms with Crippen LogP contribution in [0.4, 0.5) is 0 Å². The first-order valence-corrected chi connectivity index (χ1v) is 7.27. The van der Waals surface area contributed by atoms with E-state index in [0.29, 0.717) is 5.92 Å². The SMILES string of the molecule is Brc1cccc(CC2CN=C(C3CCNC3)O2)c1. The fourth-order valence-electron chi connectivity index (χ4n) is 2.56. The van der Waals surface area contributed by atoms with Gasteiger partial charge in [0.25, 0.3) is 0 Å². The highest BCUT2D eigenvalue weighted by Crippen LogP contribution is 2.20. The van der Waals surface area contributed by atoms with Gasteiger partial charge in [0.05, 0.1) is 6.54 Å². The molecular weight excluding hydrogens is 292 g/mol. The van der Waals surface area contributed by atoms with Crippen LogP contribution in [0, 0.1) is 5.92 Å². The van der Waals surface area contributed by atoms with E-state index >= 15 is 0 Å². The number of nitrogens with zero attached hydrogens (tertiary/aromatic N) is 1. The summed E-state index contributed by atoms with van der Waals surface area (Å²) in [5.41, 5.74) is 1.30. The molecule has 2 aliphatic heterocycles. The van der Waals surface area contributed by atoms with Crippen molar-refractivity contribution >= 4 is 21.8 Å². The van der Waals surface area contributed by atoms with Crippen molar-refractivity contribution in [3.05, 3.63) is 34.3 Å². The van der Waals surface area contributed by atoms with E-state index in [1.165, 1.54) is 5.56 Å². The van der Waals surface area contributed by atoms with Crippen LogP contribution in [0.15, 0.2) is 33.7 Å². The predicted octanol–water partition coefficient (Wildman–Crippen LogP) is 2.40. The summed E-state index contributed by atoms with van der Waals surface area (Å²) in [7, 11) is 0. The largest absolute Gasteiger partial charge is 0.475 e. The summed E-state index contributed by atoms with van der Waals surface area (Å²) in [6.45, 7) is 2.91. The second kappa shape index (κ2) is 5.41. The highest BCUT2D eigenvalue weighted by atomic mass is 79.9. The maximum Gasteiger partial charge on any atom is 0.188 e. The fraction of sp³-hybridized carbons (Fsp3) is 0.500. The van der Waals surface area contributed by atoms with Crippen molar-refractivity contribution in [1.82, 2.24) is 5.32 Å². The maximum absolute atomic E-state index is 5.98. The van der Waals surface area contributed by atoms with Crippen LogP contribution in [0.2, 0.25) is 0 Å². The maximum atomic E-state index is 5.98. The third kappa shape index (κ3) is 2.75. The van der Waals surface area contributed by atoms with Gasteiger partial charge in [-0.15, -0.1) is 0 Å². The van der Waals surface area contributed by atoms with E-state index in [1.807, 2.05) is 6.07 Å². The molecule has 1 N–H and O–H groups in total. The third-order valence-corrected chi connectivity index (χ3v) is 3.99. The molecule has 3 nitrogen and oxygen atoms in total. The molecule has 0 bridgehead atoms. The van der Waals surface area contributed by atoms with Crippen LogP contribution >= 0.6 is 15.9 Å². The number of hydrogen-bond donors (Lipinski definition) is 1. The zero-order valence-electron chi connectivity index (χ0n) is 10.2. The van der Waals surface area contributed by atoms with Gasteiger partial charge in [-0.3, -0.25) is 4.99 Å². The van der Waals surface area contributed by atoms with Gasteiger partial charge >= 0.3 is 0 Å². The van der Waals surface area contributed by atoms with Crippen LogP contribution in [0.5, 0.6) is 0 Å². The highest BCUT2D eigenvalue weighted by molar-refractivity contribution is 9.10. The van der Waals surface area contributed by atoms with Crippen LogP contribution < -0.4 is 5.32 Å². The average molecular weight is 309 g/mol. The van der Waals surface area contributed by atoms with Crippen molar-refractivity contribution in [2.45, 2.75) is 18.9 Å². The predicted molar refractivity (Wildman–Crippen MR) is 76.0 cm³/mol. The molecule has 0 saturated carbocycles. The number of benzene rings is 1. The first kappa shape index (κ1) is 12.2. The minimum Gasteiger partial charge on any atom is -0.475 e. The molecule has 2 atom stereocenters. The molecule has 0 aromatic heterocycles. The van der Waals surface area contributed by atoms with Crippen molar-refractivity contribution in [2.75, 3.05) is 19.6 Å². The monoisotopic (exact) mass is 308 g/mol. The van der Waals surface area contributed by atoms with Gasteiger partial charge in [-0.05, 0) is 30.7 Å². The van der Waals surface area contributed by atoms with E-state index in [0.717, 1.165) is 42.8 Å². The van der Waals surface area contributed by atoms with E-state index in [9.17, 15) is 0 Å². The molecule has 2 unspecified atom stereocenters. The molecule has 1 aromatic carbocycles. The van der Waals surface area contributed by atoms with Crippen LogP contribution in [-0.4, -0.2) is 31.6 Å². The number of rotatable bonds is 3. The number of ether oxygens (including phenoxy) is 1. The van der Waals surface area contributed by atoms with Gasteiger partial charge in [-0.25, -0.2) is 0 Å². The normalized spacial score (nSPS) is 27.1. The van der Waals surface area contributed by atoms with E-state index in [1.54, 1.807) is 0 Å². The van der Waals surface area contributed by atoms with Gasteiger partial charge in [-0.2, -0.15) is 0 Å². The van der Waals surface area contributed by atoms with Gasteiger partial charge in [0.2, 0.25) is 0 Å². The Bertz CT molecular complexity index is 455. The molecule has 96 valence electrons. The van der Waals surface area contributed by atoms with Crippen LogP contribution in [-0.2, 0) is 11.2 Å². The van der Waals surface area contributed by atoms with Gasteiger partial charge in [-0.1, -0.05) is 28.1 Å². The molecule has 0 spiro atoms. The molecule has 0 radical (unpaired) electrons. The number of nitrogens with one attached hydrogen (secondary N) is 1. The minimum absolute atomic E-state index is 0.217. The molecule has 4 heteroatoms. The lowest BCUT2D eigenvalue weighted by molar-refractivity contribution is 0.211. The lowest BCUT2D eigenvalue weighted by Crippen LogP contribution is -2.22. The third-order valence-electron chi connectivity index (χ3n) is 3.50. The lowest BCUT2D eigenvalue weighted by Gasteiger charge is -2.14. The summed E-state index contributed by atoms with van der Waals surface area (Å²) in [5, 5.41) is 3.35. The second-order valence-electron chi connectivity index (χ2n) is 4.94. The Kier molecular flexibility index (Phi) is 3.66. The molecular formula is C14H17BrN2O. The second-order valence-corrected chi connectivity index (χ2v) is 5.86. The van der Waals surface area contributed by atoms with Gasteiger partial charge in [0.15, 0.2) is 5.90 Å². The van der Waals surface area contributed by atoms with Gasteiger partial charge in [0.1, 0.15) is 6.10 Å². The smallest absolute Gasteiger partial charge is 0.188 e. The quantitative estimate of drug-likeness (QED) is 0.930. The molecule has 0 aliphatic carbocycles. The standard InChI is InChI=1S/C14H17BrN2O/c15-12-3-1-2-10(6-12)7-13-9-17-14(18-13)11-4-5-16-8-11/h1-3,6,11,13,16H,4-5,7-9H2. The summed E-state index contributed by atoms with van der Waals surface area (Å²) in [4.78, 5) is 4.56. The van der Waals surface area contributed by atoms with Crippen molar-refractivity contribution in [1.29, 1.82) is 0 Å². The highest BCUT2D eigenvalue weighted by Gasteiger charge is 2.28. The molecule has 2 aliphatic rings. The molecule has 18 heavy (non-hydrogen) atoms. The molecule has 3 rings (SSSR count). The summed E-state index contributed by atoms with van der Waals surface area (Å²) in [6.07, 6.45) is 2.31. The van der Waals surface area contributed by atoms with Crippen LogP contribution in [0.3, 0.4) is 0 Å². The van der Waals surface area contributed by atoms with Crippen molar-refractivity contribution in [2.24, 2.45) is 10.9 Å². The summed E-state index contributed by atoms with van der Waals surface area (Å²) in [6, 6.07) is 8.41. The van der Waals surface area contributed by atoms with Crippen molar-refractivity contribution in [3.8, 4) is 0 Å². The van der Waals surface area contributed by atoms with Crippen LogP contribution in [0.25, 0.3) is 0 Å². The van der Waals surface area contributed by atoms with Crippen LogP contribution in [0.1, 0.15) is 12.0 Å². The van der Waals surface area contributed by atoms with Crippen molar-refractivity contribution < 1.29 is 4.74 Å². The number of halogens is 1. The molecule has 1 saturated heterocycles. The van der Waals surface area contributed by atoms with Crippen molar-refractivity contribution in [3.63, 3.8) is 0 Å². The summed E-state index contributed by atoms with van der Waals surface area (Å²) in [5.74, 6) is 1.47.